The summed E-state index contributed by atoms with van der Waals surface area (Å²) in [5.41, 5.74) is 2.82. The van der Waals surface area contributed by atoms with E-state index in [1.54, 1.807) is 6.08 Å². The standard InChI is InChI=1S/C18H18N4O2S/c1-20(2)12-6-8-13(9-7-12)22-10-4-5-14(22)11-15-16(23)19-18(25)21(3)17(15)24/h4-11H,1-3H3,(H,19,23,25). The number of amides is 2. The smallest absolute Gasteiger partial charge is 0.265 e. The van der Waals surface area contributed by atoms with Gasteiger partial charge >= 0.3 is 0 Å². The number of hydrogen-bond acceptors (Lipinski definition) is 4. The molecule has 0 aliphatic carbocycles. The molecule has 7 heteroatoms. The van der Waals surface area contributed by atoms with E-state index in [2.05, 4.69) is 5.32 Å². The Balaban J connectivity index is 1.98. The highest BCUT2D eigenvalue weighted by molar-refractivity contribution is 7.80. The van der Waals surface area contributed by atoms with Gasteiger partial charge in [-0.3, -0.25) is 19.8 Å². The van der Waals surface area contributed by atoms with E-state index in [-0.39, 0.29) is 10.7 Å². The summed E-state index contributed by atoms with van der Waals surface area (Å²) in [6, 6.07) is 11.7. The van der Waals surface area contributed by atoms with E-state index in [0.29, 0.717) is 0 Å². The predicted octanol–water partition coefficient (Wildman–Crippen LogP) is 1.80. The zero-order valence-electron chi connectivity index (χ0n) is 14.2. The van der Waals surface area contributed by atoms with Crippen LogP contribution in [0, 0.1) is 0 Å². The molecule has 1 aliphatic heterocycles. The molecule has 0 bridgehead atoms. The number of aromatic nitrogens is 1. The Morgan fingerprint density at radius 3 is 2.44 bits per heavy atom. The van der Waals surface area contributed by atoms with Crippen molar-refractivity contribution >= 4 is 40.9 Å². The predicted molar refractivity (Wildman–Crippen MR) is 102 cm³/mol. The van der Waals surface area contributed by atoms with Crippen LogP contribution in [-0.4, -0.2) is 47.5 Å². The van der Waals surface area contributed by atoms with Crippen molar-refractivity contribution in [3.05, 3.63) is 53.9 Å². The maximum absolute atomic E-state index is 12.3. The summed E-state index contributed by atoms with van der Waals surface area (Å²) in [5, 5.41) is 2.63. The van der Waals surface area contributed by atoms with Gasteiger partial charge < -0.3 is 9.47 Å². The maximum atomic E-state index is 12.3. The molecular weight excluding hydrogens is 336 g/mol. The van der Waals surface area contributed by atoms with Gasteiger partial charge in [-0.1, -0.05) is 0 Å². The summed E-state index contributed by atoms with van der Waals surface area (Å²) in [5.74, 6) is -0.895. The van der Waals surface area contributed by atoms with Crippen molar-refractivity contribution in [2.24, 2.45) is 0 Å². The molecule has 2 heterocycles. The van der Waals surface area contributed by atoms with Crippen molar-refractivity contribution in [3.8, 4) is 5.69 Å². The zero-order chi connectivity index (χ0) is 18.1. The van der Waals surface area contributed by atoms with Crippen molar-refractivity contribution in [2.45, 2.75) is 0 Å². The third-order valence-corrected chi connectivity index (χ3v) is 4.40. The van der Waals surface area contributed by atoms with Crippen molar-refractivity contribution < 1.29 is 9.59 Å². The van der Waals surface area contributed by atoms with Crippen LogP contribution in [0.4, 0.5) is 5.69 Å². The van der Waals surface area contributed by atoms with Gasteiger partial charge in [0.2, 0.25) is 0 Å². The number of carbonyl (C=O) groups excluding carboxylic acids is 2. The summed E-state index contributed by atoms with van der Waals surface area (Å²) >= 11 is 4.96. The summed E-state index contributed by atoms with van der Waals surface area (Å²) in [4.78, 5) is 27.7. The van der Waals surface area contributed by atoms with Gasteiger partial charge in [0.25, 0.3) is 11.8 Å². The minimum absolute atomic E-state index is 0.0564. The highest BCUT2D eigenvalue weighted by atomic mass is 32.1. The second kappa shape index (κ2) is 6.52. The number of hydrogen-bond donors (Lipinski definition) is 1. The molecule has 0 radical (unpaired) electrons. The fourth-order valence-electron chi connectivity index (χ4n) is 2.55. The van der Waals surface area contributed by atoms with Crippen LogP contribution in [0.5, 0.6) is 0 Å². The number of likely N-dealkylation sites (N-methyl/N-ethyl adjacent to an activating group) is 1. The maximum Gasteiger partial charge on any atom is 0.265 e. The fraction of sp³-hybridized carbons (Fsp3) is 0.167. The van der Waals surface area contributed by atoms with E-state index >= 15 is 0 Å². The molecule has 0 unspecified atom stereocenters. The number of anilines is 1. The molecule has 1 fully saturated rings. The van der Waals surface area contributed by atoms with E-state index in [1.165, 1.54) is 11.9 Å². The lowest BCUT2D eigenvalue weighted by Crippen LogP contribution is -2.52. The SMILES string of the molecule is CN1C(=O)C(=Cc2cccn2-c2ccc(N(C)C)cc2)C(=O)NC1=S. The number of nitrogens with one attached hydrogen (secondary N) is 1. The number of thiocarbonyl (C=S) groups is 1. The third-order valence-electron chi connectivity index (χ3n) is 4.02. The van der Waals surface area contributed by atoms with Gasteiger partial charge in [0.1, 0.15) is 5.57 Å². The quantitative estimate of drug-likeness (QED) is 0.519. The van der Waals surface area contributed by atoms with Gasteiger partial charge in [-0.15, -0.1) is 0 Å². The van der Waals surface area contributed by atoms with Crippen LogP contribution in [-0.2, 0) is 9.59 Å². The minimum Gasteiger partial charge on any atom is -0.378 e. The number of carbonyl (C=O) groups is 2. The zero-order valence-corrected chi connectivity index (χ0v) is 15.0. The Bertz CT molecular complexity index is 881. The van der Waals surface area contributed by atoms with Crippen molar-refractivity contribution in [1.29, 1.82) is 0 Å². The fourth-order valence-corrected chi connectivity index (χ4v) is 2.73. The first-order valence-electron chi connectivity index (χ1n) is 7.68. The van der Waals surface area contributed by atoms with Crippen LogP contribution in [0.1, 0.15) is 5.69 Å². The molecule has 0 atom stereocenters. The van der Waals surface area contributed by atoms with E-state index in [1.807, 2.05) is 66.2 Å². The summed E-state index contributed by atoms with van der Waals surface area (Å²) < 4.78 is 1.92. The molecule has 128 valence electrons. The van der Waals surface area contributed by atoms with E-state index in [4.69, 9.17) is 12.2 Å². The van der Waals surface area contributed by atoms with E-state index in [9.17, 15) is 9.59 Å². The molecule has 1 aromatic heterocycles. The topological polar surface area (TPSA) is 57.6 Å². The van der Waals surface area contributed by atoms with Gasteiger partial charge in [-0.2, -0.15) is 0 Å². The molecule has 1 aliphatic rings. The van der Waals surface area contributed by atoms with Gasteiger partial charge in [0, 0.05) is 44.4 Å². The molecule has 6 nitrogen and oxygen atoms in total. The second-order valence-corrected chi connectivity index (χ2v) is 6.28. The second-order valence-electron chi connectivity index (χ2n) is 5.90. The monoisotopic (exact) mass is 354 g/mol. The first-order valence-corrected chi connectivity index (χ1v) is 8.09. The lowest BCUT2D eigenvalue weighted by atomic mass is 10.1. The highest BCUT2D eigenvalue weighted by Gasteiger charge is 2.30. The Morgan fingerprint density at radius 1 is 1.12 bits per heavy atom. The van der Waals surface area contributed by atoms with Crippen LogP contribution in [0.3, 0.4) is 0 Å². The normalized spacial score (nSPS) is 16.4. The summed E-state index contributed by atoms with van der Waals surface area (Å²) in [6.45, 7) is 0. The largest absolute Gasteiger partial charge is 0.378 e. The molecule has 0 spiro atoms. The summed E-state index contributed by atoms with van der Waals surface area (Å²) in [6.07, 6.45) is 3.46. The lowest BCUT2D eigenvalue weighted by molar-refractivity contribution is -0.128. The molecule has 1 saturated heterocycles. The van der Waals surface area contributed by atoms with Gasteiger partial charge in [-0.25, -0.2) is 0 Å². The number of benzene rings is 1. The van der Waals surface area contributed by atoms with E-state index in [0.717, 1.165) is 17.1 Å². The van der Waals surface area contributed by atoms with Crippen molar-refractivity contribution in [3.63, 3.8) is 0 Å². The van der Waals surface area contributed by atoms with E-state index < -0.39 is 11.8 Å². The van der Waals surface area contributed by atoms with Crippen LogP contribution in [0.2, 0.25) is 0 Å². The minimum atomic E-state index is -0.483. The molecule has 2 aromatic rings. The van der Waals surface area contributed by atoms with Gasteiger partial charge in [0.05, 0.1) is 0 Å². The van der Waals surface area contributed by atoms with Gasteiger partial charge in [-0.05, 0) is 54.7 Å². The Kier molecular flexibility index (Phi) is 4.41. The average molecular weight is 354 g/mol. The van der Waals surface area contributed by atoms with Crippen LogP contribution >= 0.6 is 12.2 Å². The number of nitrogens with zero attached hydrogens (tertiary/aromatic N) is 3. The molecule has 1 N–H and O–H groups in total. The first kappa shape index (κ1) is 16.9. The Morgan fingerprint density at radius 2 is 1.80 bits per heavy atom. The molecule has 1 aromatic carbocycles. The van der Waals surface area contributed by atoms with Crippen LogP contribution < -0.4 is 10.2 Å². The number of rotatable bonds is 3. The molecule has 25 heavy (non-hydrogen) atoms. The lowest BCUT2D eigenvalue weighted by Gasteiger charge is -2.25. The molecule has 2 amide bonds. The first-order chi connectivity index (χ1) is 11.9. The van der Waals surface area contributed by atoms with Crippen molar-refractivity contribution in [2.75, 3.05) is 26.0 Å². The third kappa shape index (κ3) is 3.18. The van der Waals surface area contributed by atoms with Crippen molar-refractivity contribution in [1.82, 2.24) is 14.8 Å². The Labute approximate surface area is 151 Å². The molecule has 3 rings (SSSR count). The van der Waals surface area contributed by atoms with Crippen LogP contribution in [0.15, 0.2) is 48.2 Å². The van der Waals surface area contributed by atoms with Crippen LogP contribution in [0.25, 0.3) is 11.8 Å². The Hall–Kier alpha value is -2.93. The highest BCUT2D eigenvalue weighted by Crippen LogP contribution is 2.20. The molecule has 0 saturated carbocycles. The summed E-state index contributed by atoms with van der Waals surface area (Å²) in [7, 11) is 5.50. The average Bonchev–Trinajstić information content (AvgIpc) is 3.05. The van der Waals surface area contributed by atoms with Gasteiger partial charge in [0.15, 0.2) is 5.11 Å². The molecular formula is C18H18N4O2S.